The predicted molar refractivity (Wildman–Crippen MR) is 90.6 cm³/mol. The third-order valence-corrected chi connectivity index (χ3v) is 6.31. The molecular formula is C12H19BrN4S2. The molecule has 0 bridgehead atoms. The van der Waals surface area contributed by atoms with E-state index in [1.54, 1.807) is 6.33 Å². The van der Waals surface area contributed by atoms with Gasteiger partial charge in [-0.15, -0.1) is 0 Å². The normalized spacial score (nSPS) is 19.2. The van der Waals surface area contributed by atoms with Crippen LogP contribution >= 0.6 is 39.5 Å². The molecule has 4 nitrogen and oxygen atoms in total. The van der Waals surface area contributed by atoms with Crippen LogP contribution in [0.2, 0.25) is 0 Å². The van der Waals surface area contributed by atoms with Gasteiger partial charge in [0.15, 0.2) is 0 Å². The minimum Gasteiger partial charge on any atom is -0.369 e. The fourth-order valence-electron chi connectivity index (χ4n) is 1.72. The monoisotopic (exact) mass is 362 g/mol. The molecule has 0 aromatic carbocycles. The molecule has 1 aromatic rings. The Morgan fingerprint density at radius 2 is 2.11 bits per heavy atom. The van der Waals surface area contributed by atoms with E-state index in [2.05, 4.69) is 43.5 Å². The zero-order valence-corrected chi connectivity index (χ0v) is 14.2. The van der Waals surface area contributed by atoms with Crippen LogP contribution in [0.3, 0.4) is 0 Å². The number of rotatable bonds is 6. The topological polar surface area (TPSA) is 49.8 Å². The number of hydrogen-bond acceptors (Lipinski definition) is 6. The fourth-order valence-corrected chi connectivity index (χ4v) is 4.82. The molecule has 1 aromatic heterocycles. The van der Waals surface area contributed by atoms with Crippen molar-refractivity contribution in [2.45, 2.75) is 18.6 Å². The van der Waals surface area contributed by atoms with Gasteiger partial charge in [0.1, 0.15) is 22.4 Å². The number of anilines is 2. The number of nitrogens with zero attached hydrogens (tertiary/aromatic N) is 2. The first-order chi connectivity index (χ1) is 9.31. The summed E-state index contributed by atoms with van der Waals surface area (Å²) >= 11 is 7.66. The zero-order valence-electron chi connectivity index (χ0n) is 11.0. The first kappa shape index (κ1) is 15.3. The highest BCUT2D eigenvalue weighted by atomic mass is 79.9. The van der Waals surface area contributed by atoms with Gasteiger partial charge >= 0.3 is 0 Å². The maximum Gasteiger partial charge on any atom is 0.145 e. The van der Waals surface area contributed by atoms with Gasteiger partial charge in [-0.25, -0.2) is 9.97 Å². The molecule has 2 rings (SSSR count). The molecule has 0 amide bonds. The molecular weight excluding hydrogens is 344 g/mol. The van der Waals surface area contributed by atoms with Gasteiger partial charge in [0.05, 0.1) is 0 Å². The van der Waals surface area contributed by atoms with E-state index >= 15 is 0 Å². The first-order valence-corrected chi connectivity index (χ1v) is 9.48. The Balaban J connectivity index is 1.91. The SMILES string of the molecule is CCCNc1ncnc(NCC2CSCCS2)c1Br. The van der Waals surface area contributed by atoms with Crippen molar-refractivity contribution < 1.29 is 0 Å². The van der Waals surface area contributed by atoms with Crippen molar-refractivity contribution in [1.82, 2.24) is 9.97 Å². The van der Waals surface area contributed by atoms with E-state index in [9.17, 15) is 0 Å². The summed E-state index contributed by atoms with van der Waals surface area (Å²) in [5, 5.41) is 7.39. The Labute approximate surface area is 131 Å². The number of nitrogens with one attached hydrogen (secondary N) is 2. The van der Waals surface area contributed by atoms with E-state index in [0.717, 1.165) is 35.6 Å². The Morgan fingerprint density at radius 1 is 1.32 bits per heavy atom. The molecule has 0 aliphatic carbocycles. The van der Waals surface area contributed by atoms with E-state index in [-0.39, 0.29) is 0 Å². The van der Waals surface area contributed by atoms with Crippen molar-refractivity contribution >= 4 is 51.1 Å². The van der Waals surface area contributed by atoms with E-state index in [4.69, 9.17) is 0 Å². The van der Waals surface area contributed by atoms with Crippen molar-refractivity contribution in [2.24, 2.45) is 0 Å². The third-order valence-electron chi connectivity index (χ3n) is 2.71. The maximum absolute atomic E-state index is 4.31. The predicted octanol–water partition coefficient (Wildman–Crippen LogP) is 3.32. The van der Waals surface area contributed by atoms with Crippen LogP contribution in [0.15, 0.2) is 10.8 Å². The minimum atomic E-state index is 0.674. The van der Waals surface area contributed by atoms with E-state index in [1.165, 1.54) is 17.3 Å². The van der Waals surface area contributed by atoms with Crippen LogP contribution < -0.4 is 10.6 Å². The largest absolute Gasteiger partial charge is 0.369 e. The van der Waals surface area contributed by atoms with Gasteiger partial charge in [-0.2, -0.15) is 23.5 Å². The molecule has 1 aliphatic rings. The van der Waals surface area contributed by atoms with Gasteiger partial charge in [0.2, 0.25) is 0 Å². The van der Waals surface area contributed by atoms with Crippen LogP contribution in [0, 0.1) is 0 Å². The smallest absolute Gasteiger partial charge is 0.145 e. The standard InChI is InChI=1S/C12H19BrN4S2/c1-2-3-14-11-10(13)12(17-8-16-11)15-6-9-7-18-4-5-19-9/h8-9H,2-7H2,1H3,(H2,14,15,16,17). The third kappa shape index (κ3) is 4.72. The molecule has 1 atom stereocenters. The molecule has 0 saturated carbocycles. The Kier molecular flexibility index (Phi) is 6.59. The molecule has 1 unspecified atom stereocenters. The highest BCUT2D eigenvalue weighted by Gasteiger charge is 2.15. The van der Waals surface area contributed by atoms with Crippen molar-refractivity contribution in [1.29, 1.82) is 0 Å². The van der Waals surface area contributed by atoms with Crippen LogP contribution in [-0.2, 0) is 0 Å². The van der Waals surface area contributed by atoms with Crippen LogP contribution in [0.1, 0.15) is 13.3 Å². The molecule has 19 heavy (non-hydrogen) atoms. The summed E-state index contributed by atoms with van der Waals surface area (Å²) in [6.07, 6.45) is 2.68. The van der Waals surface area contributed by atoms with Gasteiger partial charge in [0.25, 0.3) is 0 Å². The molecule has 1 saturated heterocycles. The second kappa shape index (κ2) is 8.21. The Hall–Kier alpha value is -0.140. The second-order valence-electron chi connectivity index (χ2n) is 4.26. The lowest BCUT2D eigenvalue weighted by Crippen LogP contribution is -2.23. The lowest BCUT2D eigenvalue weighted by molar-refractivity contribution is 0.954. The Bertz CT molecular complexity index is 399. The number of aromatic nitrogens is 2. The van der Waals surface area contributed by atoms with E-state index in [1.807, 2.05) is 23.5 Å². The maximum atomic E-state index is 4.31. The average molecular weight is 363 g/mol. The first-order valence-electron chi connectivity index (χ1n) is 6.49. The minimum absolute atomic E-state index is 0.674. The molecule has 106 valence electrons. The summed E-state index contributed by atoms with van der Waals surface area (Å²) in [6.45, 7) is 4.02. The summed E-state index contributed by atoms with van der Waals surface area (Å²) in [4.78, 5) is 8.56. The Morgan fingerprint density at radius 3 is 2.79 bits per heavy atom. The molecule has 2 N–H and O–H groups in total. The number of thioether (sulfide) groups is 2. The summed E-state index contributed by atoms with van der Waals surface area (Å²) in [5.74, 6) is 5.51. The second-order valence-corrected chi connectivity index (χ2v) is 7.61. The van der Waals surface area contributed by atoms with Crippen molar-refractivity contribution in [3.8, 4) is 0 Å². The summed E-state index contributed by atoms with van der Waals surface area (Å²) in [6, 6.07) is 0. The quantitative estimate of drug-likeness (QED) is 0.809. The highest BCUT2D eigenvalue weighted by Crippen LogP contribution is 2.28. The van der Waals surface area contributed by atoms with Crippen LogP contribution in [0.25, 0.3) is 0 Å². The van der Waals surface area contributed by atoms with Crippen molar-refractivity contribution in [3.05, 3.63) is 10.8 Å². The zero-order chi connectivity index (χ0) is 13.5. The fraction of sp³-hybridized carbons (Fsp3) is 0.667. The van der Waals surface area contributed by atoms with E-state index < -0.39 is 0 Å². The molecule has 0 spiro atoms. The molecule has 0 radical (unpaired) electrons. The molecule has 1 aliphatic heterocycles. The number of hydrogen-bond donors (Lipinski definition) is 2. The van der Waals surface area contributed by atoms with Crippen molar-refractivity contribution in [3.63, 3.8) is 0 Å². The van der Waals surface area contributed by atoms with Crippen molar-refractivity contribution in [2.75, 3.05) is 41.0 Å². The van der Waals surface area contributed by atoms with Crippen LogP contribution in [-0.4, -0.2) is 45.6 Å². The summed E-state index contributed by atoms with van der Waals surface area (Å²) in [5.41, 5.74) is 0. The van der Waals surface area contributed by atoms with Gasteiger partial charge in [0, 0.05) is 35.6 Å². The average Bonchev–Trinajstić information content (AvgIpc) is 2.46. The summed E-state index contributed by atoms with van der Waals surface area (Å²) < 4.78 is 0.928. The highest BCUT2D eigenvalue weighted by molar-refractivity contribution is 9.10. The van der Waals surface area contributed by atoms with Crippen LogP contribution in [0.4, 0.5) is 11.6 Å². The molecule has 1 fully saturated rings. The van der Waals surface area contributed by atoms with E-state index in [0.29, 0.717) is 5.25 Å². The number of halogens is 1. The van der Waals surface area contributed by atoms with Gasteiger partial charge in [-0.05, 0) is 22.4 Å². The summed E-state index contributed by atoms with van der Waals surface area (Å²) in [7, 11) is 0. The molecule has 2 heterocycles. The lowest BCUT2D eigenvalue weighted by atomic mass is 10.4. The van der Waals surface area contributed by atoms with Gasteiger partial charge < -0.3 is 10.6 Å². The van der Waals surface area contributed by atoms with Gasteiger partial charge in [-0.3, -0.25) is 0 Å². The lowest BCUT2D eigenvalue weighted by Gasteiger charge is -2.21. The van der Waals surface area contributed by atoms with Gasteiger partial charge in [-0.1, -0.05) is 6.92 Å². The molecule has 7 heteroatoms. The van der Waals surface area contributed by atoms with Crippen LogP contribution in [0.5, 0.6) is 0 Å².